The minimum absolute atomic E-state index is 0.0829. The summed E-state index contributed by atoms with van der Waals surface area (Å²) >= 11 is 0. The average molecular weight is 440 g/mol. The van der Waals surface area contributed by atoms with Crippen molar-refractivity contribution in [2.24, 2.45) is 5.92 Å². The normalized spacial score (nSPS) is 28.7. The van der Waals surface area contributed by atoms with Crippen molar-refractivity contribution in [3.05, 3.63) is 0 Å². The molecule has 4 rings (SSSR count). The summed E-state index contributed by atoms with van der Waals surface area (Å²) in [5.74, 6) is 0.928. The zero-order valence-corrected chi connectivity index (χ0v) is 19.0. The van der Waals surface area contributed by atoms with E-state index >= 15 is 0 Å². The quantitative estimate of drug-likeness (QED) is 0.651. The number of carbonyl (C=O) groups is 2. The monoisotopic (exact) mass is 439 g/mol. The Morgan fingerprint density at radius 1 is 0.800 bits per heavy atom. The van der Waals surface area contributed by atoms with Crippen molar-refractivity contribution in [1.29, 1.82) is 0 Å². The molecule has 2 saturated heterocycles. The molecule has 8 heteroatoms. The number of rotatable bonds is 5. The van der Waals surface area contributed by atoms with Crippen molar-refractivity contribution >= 4 is 21.7 Å². The Labute approximate surface area is 181 Å². The minimum atomic E-state index is -3.02. The first-order valence-electron chi connectivity index (χ1n) is 12.0. The first kappa shape index (κ1) is 22.1. The van der Waals surface area contributed by atoms with Crippen molar-refractivity contribution in [2.75, 3.05) is 44.2 Å². The minimum Gasteiger partial charge on any atom is -0.340 e. The van der Waals surface area contributed by atoms with E-state index in [9.17, 15) is 18.0 Å². The van der Waals surface area contributed by atoms with Crippen LogP contribution in [0, 0.1) is 5.92 Å². The van der Waals surface area contributed by atoms with Crippen molar-refractivity contribution in [1.82, 2.24) is 14.7 Å². The topological polar surface area (TPSA) is 78.0 Å². The Hall–Kier alpha value is -1.15. The van der Waals surface area contributed by atoms with Gasteiger partial charge < -0.3 is 9.80 Å². The molecule has 0 aromatic heterocycles. The van der Waals surface area contributed by atoms with E-state index in [-0.39, 0.29) is 35.4 Å². The Bertz CT molecular complexity index is 721. The molecule has 0 N–H and O–H groups in total. The van der Waals surface area contributed by atoms with Gasteiger partial charge in [-0.25, -0.2) is 8.42 Å². The summed E-state index contributed by atoms with van der Waals surface area (Å²) in [7, 11) is -3.02. The summed E-state index contributed by atoms with van der Waals surface area (Å²) in [5, 5.41) is 0. The van der Waals surface area contributed by atoms with Crippen molar-refractivity contribution in [3.63, 3.8) is 0 Å². The molecule has 0 aromatic carbocycles. The Balaban J connectivity index is 1.34. The average Bonchev–Trinajstić information content (AvgIpc) is 3.39. The van der Waals surface area contributed by atoms with Gasteiger partial charge in [-0.2, -0.15) is 0 Å². The highest BCUT2D eigenvalue weighted by Crippen LogP contribution is 2.29. The molecule has 4 fully saturated rings. The molecule has 0 spiro atoms. The number of hydrogen-bond donors (Lipinski definition) is 0. The lowest BCUT2D eigenvalue weighted by Gasteiger charge is -2.41. The third kappa shape index (κ3) is 5.18. The van der Waals surface area contributed by atoms with Gasteiger partial charge in [0.25, 0.3) is 0 Å². The molecule has 2 saturated carbocycles. The second kappa shape index (κ2) is 9.55. The van der Waals surface area contributed by atoms with Gasteiger partial charge in [0.05, 0.1) is 18.1 Å². The zero-order chi connectivity index (χ0) is 21.1. The number of hydrogen-bond acceptors (Lipinski definition) is 5. The summed E-state index contributed by atoms with van der Waals surface area (Å²) in [6, 6.07) is 0.0330. The van der Waals surface area contributed by atoms with Crippen LogP contribution in [-0.2, 0) is 19.4 Å². The van der Waals surface area contributed by atoms with Gasteiger partial charge in [0.1, 0.15) is 0 Å². The van der Waals surface area contributed by atoms with Crippen LogP contribution in [0.1, 0.15) is 64.2 Å². The molecule has 2 aliphatic carbocycles. The predicted molar refractivity (Wildman–Crippen MR) is 116 cm³/mol. The molecular weight excluding hydrogens is 402 g/mol. The molecule has 0 bridgehead atoms. The van der Waals surface area contributed by atoms with Crippen LogP contribution in [0.15, 0.2) is 0 Å². The lowest BCUT2D eigenvalue weighted by molar-refractivity contribution is -0.140. The van der Waals surface area contributed by atoms with Crippen LogP contribution >= 0.6 is 0 Å². The number of piperazine rings is 1. The van der Waals surface area contributed by atoms with E-state index in [1.165, 1.54) is 19.3 Å². The van der Waals surface area contributed by atoms with Crippen LogP contribution in [0.25, 0.3) is 0 Å². The molecule has 170 valence electrons. The van der Waals surface area contributed by atoms with Crippen LogP contribution in [0.2, 0.25) is 0 Å². The number of sulfone groups is 1. The first-order chi connectivity index (χ1) is 14.4. The van der Waals surface area contributed by atoms with Crippen molar-refractivity contribution in [3.8, 4) is 0 Å². The molecule has 0 aromatic rings. The van der Waals surface area contributed by atoms with Gasteiger partial charge in [0, 0.05) is 44.2 Å². The molecule has 1 unspecified atom stereocenters. The highest BCUT2D eigenvalue weighted by Gasteiger charge is 2.39. The summed E-state index contributed by atoms with van der Waals surface area (Å²) in [6.07, 6.45) is 10.4. The molecule has 30 heavy (non-hydrogen) atoms. The fourth-order valence-electron chi connectivity index (χ4n) is 5.89. The van der Waals surface area contributed by atoms with Gasteiger partial charge >= 0.3 is 0 Å². The summed E-state index contributed by atoms with van der Waals surface area (Å²) < 4.78 is 24.1. The molecular formula is C22H37N3O4S. The standard InChI is InChI=1S/C22H37N3O4S/c26-21(16-23-11-13-24(14-12-23)22(27)18-6-4-5-7-18)25(19-8-2-1-3-9-19)20-10-15-30(28,29)17-20/h18-20H,1-17H2. The van der Waals surface area contributed by atoms with Crippen LogP contribution in [0.4, 0.5) is 0 Å². The van der Waals surface area contributed by atoms with Crippen LogP contribution in [0.3, 0.4) is 0 Å². The second-order valence-corrected chi connectivity index (χ2v) is 12.0. The van der Waals surface area contributed by atoms with Gasteiger partial charge in [-0.1, -0.05) is 32.1 Å². The number of nitrogens with zero attached hydrogens (tertiary/aromatic N) is 3. The highest BCUT2D eigenvalue weighted by atomic mass is 32.2. The van der Waals surface area contributed by atoms with Crippen molar-refractivity contribution < 1.29 is 18.0 Å². The van der Waals surface area contributed by atoms with E-state index in [0.29, 0.717) is 32.0 Å². The number of amides is 2. The van der Waals surface area contributed by atoms with E-state index in [1.54, 1.807) is 0 Å². The molecule has 1 atom stereocenters. The van der Waals surface area contributed by atoms with Gasteiger partial charge in [0.15, 0.2) is 9.84 Å². The maximum absolute atomic E-state index is 13.3. The SMILES string of the molecule is O=C(C1CCCC1)N1CCN(CC(=O)N(C2CCCCC2)C2CCS(=O)(=O)C2)CC1. The first-order valence-corrected chi connectivity index (χ1v) is 13.8. The van der Waals surface area contributed by atoms with Gasteiger partial charge in [-0.15, -0.1) is 0 Å². The summed E-state index contributed by atoms with van der Waals surface area (Å²) in [5.41, 5.74) is 0. The molecule has 7 nitrogen and oxygen atoms in total. The fraction of sp³-hybridized carbons (Fsp3) is 0.909. The van der Waals surface area contributed by atoms with Gasteiger partial charge in [-0.3, -0.25) is 14.5 Å². The van der Waals surface area contributed by atoms with E-state index < -0.39 is 9.84 Å². The van der Waals surface area contributed by atoms with Gasteiger partial charge in [-0.05, 0) is 32.1 Å². The zero-order valence-electron chi connectivity index (χ0n) is 18.1. The molecule has 2 amide bonds. The smallest absolute Gasteiger partial charge is 0.237 e. The summed E-state index contributed by atoms with van der Waals surface area (Å²) in [6.45, 7) is 3.20. The second-order valence-electron chi connectivity index (χ2n) is 9.73. The maximum atomic E-state index is 13.3. The van der Waals surface area contributed by atoms with Crippen LogP contribution in [0.5, 0.6) is 0 Å². The molecule has 2 heterocycles. The summed E-state index contributed by atoms with van der Waals surface area (Å²) in [4.78, 5) is 32.1. The lowest BCUT2D eigenvalue weighted by atomic mass is 9.92. The Morgan fingerprint density at radius 2 is 1.43 bits per heavy atom. The van der Waals surface area contributed by atoms with Crippen molar-refractivity contribution in [2.45, 2.75) is 76.3 Å². The number of carbonyl (C=O) groups excluding carboxylic acids is 2. The van der Waals surface area contributed by atoms with E-state index in [4.69, 9.17) is 0 Å². The maximum Gasteiger partial charge on any atom is 0.237 e. The molecule has 4 aliphatic rings. The third-order valence-corrected chi connectivity index (χ3v) is 9.36. The third-order valence-electron chi connectivity index (χ3n) is 7.61. The molecule has 2 aliphatic heterocycles. The highest BCUT2D eigenvalue weighted by molar-refractivity contribution is 7.91. The van der Waals surface area contributed by atoms with E-state index in [2.05, 4.69) is 4.90 Å². The Kier molecular flexibility index (Phi) is 7.02. The van der Waals surface area contributed by atoms with E-state index in [1.807, 2.05) is 9.80 Å². The van der Waals surface area contributed by atoms with E-state index in [0.717, 1.165) is 51.6 Å². The fourth-order valence-corrected chi connectivity index (χ4v) is 7.60. The Morgan fingerprint density at radius 3 is 2.03 bits per heavy atom. The molecule has 0 radical (unpaired) electrons. The lowest BCUT2D eigenvalue weighted by Crippen LogP contribution is -2.55. The predicted octanol–water partition coefficient (Wildman–Crippen LogP) is 1.67. The largest absolute Gasteiger partial charge is 0.340 e. The van der Waals surface area contributed by atoms with Gasteiger partial charge in [0.2, 0.25) is 11.8 Å². The van der Waals surface area contributed by atoms with Crippen LogP contribution < -0.4 is 0 Å². The van der Waals surface area contributed by atoms with Crippen LogP contribution in [-0.4, -0.2) is 91.2 Å².